The standard InChI is InChI=1S/C19H20Cl2N2O2S/c20-13-8-5-9-14(21)19(13)23-18-10-15(24)16(26-18)11-17(25)22-12-6-3-1-2-4-7-12/h5,8-12,23H,1-4,6-7H2,(H,22,25)/b16-11-. The van der Waals surface area contributed by atoms with E-state index in [0.29, 0.717) is 25.7 Å². The van der Waals surface area contributed by atoms with Crippen molar-refractivity contribution in [1.82, 2.24) is 5.32 Å². The van der Waals surface area contributed by atoms with Crippen molar-refractivity contribution in [3.8, 4) is 0 Å². The molecule has 0 aromatic heterocycles. The highest BCUT2D eigenvalue weighted by atomic mass is 35.5. The van der Waals surface area contributed by atoms with Crippen molar-refractivity contribution in [2.24, 2.45) is 0 Å². The Labute approximate surface area is 167 Å². The van der Waals surface area contributed by atoms with E-state index in [1.807, 2.05) is 0 Å². The number of nitrogens with one attached hydrogen (secondary N) is 2. The Balaban J connectivity index is 1.61. The van der Waals surface area contributed by atoms with Gasteiger partial charge in [0.15, 0.2) is 5.78 Å². The summed E-state index contributed by atoms with van der Waals surface area (Å²) in [6, 6.07) is 5.39. The van der Waals surface area contributed by atoms with E-state index in [4.69, 9.17) is 23.2 Å². The second-order valence-corrected chi connectivity index (χ2v) is 8.30. The summed E-state index contributed by atoms with van der Waals surface area (Å²) in [7, 11) is 0. The molecule has 1 aliphatic carbocycles. The van der Waals surface area contributed by atoms with E-state index in [9.17, 15) is 9.59 Å². The minimum atomic E-state index is -0.210. The third kappa shape index (κ3) is 5.06. The molecule has 4 nitrogen and oxygen atoms in total. The van der Waals surface area contributed by atoms with E-state index in [1.54, 1.807) is 18.2 Å². The van der Waals surface area contributed by atoms with Gasteiger partial charge in [0, 0.05) is 18.2 Å². The third-order valence-corrected chi connectivity index (χ3v) is 6.01. The molecule has 1 saturated carbocycles. The van der Waals surface area contributed by atoms with Gasteiger partial charge < -0.3 is 10.6 Å². The molecule has 0 atom stereocenters. The van der Waals surface area contributed by atoms with Crippen LogP contribution in [-0.4, -0.2) is 17.7 Å². The van der Waals surface area contributed by atoms with Crippen molar-refractivity contribution in [1.29, 1.82) is 0 Å². The fourth-order valence-corrected chi connectivity index (χ4v) is 4.45. The van der Waals surface area contributed by atoms with Gasteiger partial charge in [-0.2, -0.15) is 0 Å². The molecule has 1 aromatic rings. The van der Waals surface area contributed by atoms with Crippen LogP contribution >= 0.6 is 35.0 Å². The van der Waals surface area contributed by atoms with E-state index < -0.39 is 0 Å². The number of rotatable bonds is 4. The highest BCUT2D eigenvalue weighted by Crippen LogP contribution is 2.38. The lowest BCUT2D eigenvalue weighted by Gasteiger charge is -2.14. The van der Waals surface area contributed by atoms with Crippen molar-refractivity contribution < 1.29 is 9.59 Å². The lowest BCUT2D eigenvalue weighted by molar-refractivity contribution is -0.117. The summed E-state index contributed by atoms with van der Waals surface area (Å²) in [6.45, 7) is 0. The molecule has 0 saturated heterocycles. The van der Waals surface area contributed by atoms with Gasteiger partial charge in [0.05, 0.1) is 25.7 Å². The first-order chi connectivity index (χ1) is 12.5. The van der Waals surface area contributed by atoms with Crippen LogP contribution in [0.1, 0.15) is 38.5 Å². The van der Waals surface area contributed by atoms with E-state index in [1.165, 1.54) is 36.8 Å². The van der Waals surface area contributed by atoms with Crippen molar-refractivity contribution >= 4 is 52.3 Å². The summed E-state index contributed by atoms with van der Waals surface area (Å²) >= 11 is 13.5. The van der Waals surface area contributed by atoms with Gasteiger partial charge in [0.1, 0.15) is 0 Å². The zero-order valence-electron chi connectivity index (χ0n) is 14.2. The number of allylic oxidation sites excluding steroid dienone is 2. The Morgan fingerprint density at radius 3 is 2.42 bits per heavy atom. The minimum absolute atomic E-state index is 0.198. The van der Waals surface area contributed by atoms with Crippen LogP contribution in [-0.2, 0) is 9.59 Å². The van der Waals surface area contributed by atoms with Crippen LogP contribution in [0.25, 0.3) is 0 Å². The largest absolute Gasteiger partial charge is 0.350 e. The maximum Gasteiger partial charge on any atom is 0.245 e. The van der Waals surface area contributed by atoms with Gasteiger partial charge in [-0.15, -0.1) is 0 Å². The number of amides is 1. The van der Waals surface area contributed by atoms with Gasteiger partial charge in [0.2, 0.25) is 5.91 Å². The Hall–Kier alpha value is -1.43. The molecule has 7 heteroatoms. The molecule has 3 rings (SSSR count). The number of hydrogen-bond acceptors (Lipinski definition) is 4. The van der Waals surface area contributed by atoms with Crippen molar-refractivity contribution in [2.75, 3.05) is 5.32 Å². The topological polar surface area (TPSA) is 58.2 Å². The number of halogens is 2. The summed E-state index contributed by atoms with van der Waals surface area (Å²) in [4.78, 5) is 24.8. The van der Waals surface area contributed by atoms with Crippen LogP contribution in [0.5, 0.6) is 0 Å². The molecule has 0 radical (unpaired) electrons. The van der Waals surface area contributed by atoms with Gasteiger partial charge in [-0.3, -0.25) is 9.59 Å². The number of thioether (sulfide) groups is 1. The summed E-state index contributed by atoms with van der Waals surface area (Å²) in [5, 5.41) is 7.62. The predicted molar refractivity (Wildman–Crippen MR) is 108 cm³/mol. The van der Waals surface area contributed by atoms with Crippen molar-refractivity contribution in [3.05, 3.63) is 50.3 Å². The van der Waals surface area contributed by atoms with Gasteiger partial charge in [-0.05, 0) is 25.0 Å². The molecule has 0 unspecified atom stereocenters. The normalized spacial score (nSPS) is 20.0. The summed E-state index contributed by atoms with van der Waals surface area (Å²) < 4.78 is 0. The average Bonchev–Trinajstić information content (AvgIpc) is 2.78. The number of hydrogen-bond donors (Lipinski definition) is 2. The highest BCUT2D eigenvalue weighted by molar-refractivity contribution is 8.08. The quantitative estimate of drug-likeness (QED) is 0.523. The Morgan fingerprint density at radius 1 is 1.12 bits per heavy atom. The van der Waals surface area contributed by atoms with Crippen LogP contribution < -0.4 is 10.6 Å². The van der Waals surface area contributed by atoms with E-state index >= 15 is 0 Å². The number of benzene rings is 1. The van der Waals surface area contributed by atoms with Crippen LogP contribution in [0.2, 0.25) is 10.0 Å². The highest BCUT2D eigenvalue weighted by Gasteiger charge is 2.23. The molecule has 1 fully saturated rings. The first-order valence-electron chi connectivity index (χ1n) is 8.70. The number of ketones is 1. The van der Waals surface area contributed by atoms with Crippen LogP contribution in [0, 0.1) is 0 Å². The zero-order chi connectivity index (χ0) is 18.5. The zero-order valence-corrected chi connectivity index (χ0v) is 16.5. The molecule has 1 amide bonds. The average molecular weight is 411 g/mol. The van der Waals surface area contributed by atoms with Crippen molar-refractivity contribution in [2.45, 2.75) is 44.6 Å². The smallest absolute Gasteiger partial charge is 0.245 e. The second kappa shape index (κ2) is 8.98. The molecule has 26 heavy (non-hydrogen) atoms. The van der Waals surface area contributed by atoms with Gasteiger partial charge in [-0.1, -0.05) is 66.7 Å². The maximum absolute atomic E-state index is 12.3. The van der Waals surface area contributed by atoms with Gasteiger partial charge in [-0.25, -0.2) is 0 Å². The fraction of sp³-hybridized carbons (Fsp3) is 0.368. The van der Waals surface area contributed by atoms with E-state index in [0.717, 1.165) is 25.7 Å². The number of para-hydroxylation sites is 1. The lowest BCUT2D eigenvalue weighted by atomic mass is 10.1. The minimum Gasteiger partial charge on any atom is -0.350 e. The molecule has 2 aliphatic rings. The summed E-state index contributed by atoms with van der Waals surface area (Å²) in [6.07, 6.45) is 9.59. The molecule has 138 valence electrons. The Morgan fingerprint density at radius 2 is 1.77 bits per heavy atom. The molecule has 1 aromatic carbocycles. The Bertz CT molecular complexity index is 749. The summed E-state index contributed by atoms with van der Waals surface area (Å²) in [5.41, 5.74) is 0.548. The monoisotopic (exact) mass is 410 g/mol. The Kier molecular flexibility index (Phi) is 6.68. The fourth-order valence-electron chi connectivity index (χ4n) is 3.08. The first kappa shape index (κ1) is 19.3. The first-order valence-corrected chi connectivity index (χ1v) is 10.3. The molecular weight excluding hydrogens is 391 g/mol. The second-order valence-electron chi connectivity index (χ2n) is 6.40. The predicted octanol–water partition coefficient (Wildman–Crippen LogP) is 5.29. The number of carbonyl (C=O) groups excluding carboxylic acids is 2. The van der Waals surface area contributed by atoms with E-state index in [2.05, 4.69) is 10.6 Å². The van der Waals surface area contributed by atoms with Crippen LogP contribution in [0.15, 0.2) is 40.3 Å². The third-order valence-electron chi connectivity index (χ3n) is 4.40. The molecular formula is C19H20Cl2N2O2S. The van der Waals surface area contributed by atoms with E-state index in [-0.39, 0.29) is 17.7 Å². The van der Waals surface area contributed by atoms with Gasteiger partial charge >= 0.3 is 0 Å². The molecule has 0 bridgehead atoms. The molecule has 1 aliphatic heterocycles. The van der Waals surface area contributed by atoms with Crippen LogP contribution in [0.3, 0.4) is 0 Å². The van der Waals surface area contributed by atoms with Crippen LogP contribution in [0.4, 0.5) is 5.69 Å². The number of carbonyl (C=O) groups is 2. The molecule has 2 N–H and O–H groups in total. The van der Waals surface area contributed by atoms with Crippen molar-refractivity contribution in [3.63, 3.8) is 0 Å². The lowest BCUT2D eigenvalue weighted by Crippen LogP contribution is -2.33. The summed E-state index contributed by atoms with van der Waals surface area (Å²) in [5.74, 6) is -0.408. The SMILES string of the molecule is O=C(/C=C1\SC(Nc2c(Cl)cccc2Cl)=CC1=O)NC1CCCCCC1. The molecule has 0 spiro atoms. The number of anilines is 1. The molecule has 1 heterocycles. The van der Waals surface area contributed by atoms with Gasteiger partial charge in [0.25, 0.3) is 0 Å². The maximum atomic E-state index is 12.3.